The van der Waals surface area contributed by atoms with Crippen molar-refractivity contribution in [1.82, 2.24) is 39.2 Å². The third-order valence-corrected chi connectivity index (χ3v) is 10.9. The monoisotopic (exact) mass is 1150 g/mol. The zero-order valence-electron chi connectivity index (χ0n) is 40.0. The minimum absolute atomic E-state index is 0. The highest BCUT2D eigenvalue weighted by Gasteiger charge is 2.52. The average molecular weight is 1150 g/mol. The van der Waals surface area contributed by atoms with Gasteiger partial charge < -0.3 is 28.3 Å². The molecular formula is C47H60BBrF12N8O6. The molecular weight excluding hydrogens is 1090 g/mol. The molecule has 0 spiro atoms. The van der Waals surface area contributed by atoms with E-state index in [1.165, 1.54) is 35.1 Å². The van der Waals surface area contributed by atoms with E-state index < -0.39 is 90.1 Å². The fourth-order valence-electron chi connectivity index (χ4n) is 5.77. The quantitative estimate of drug-likeness (QED) is 0.0757. The van der Waals surface area contributed by atoms with Gasteiger partial charge in [-0.2, -0.15) is 43.9 Å². The van der Waals surface area contributed by atoms with Gasteiger partial charge in [-0.1, -0.05) is 50.0 Å². The van der Waals surface area contributed by atoms with E-state index in [9.17, 15) is 52.7 Å². The van der Waals surface area contributed by atoms with Crippen molar-refractivity contribution in [3.8, 4) is 22.9 Å². The van der Waals surface area contributed by atoms with Crippen LogP contribution in [0.4, 0.5) is 52.7 Å². The van der Waals surface area contributed by atoms with Crippen LogP contribution < -0.4 is 14.9 Å². The second kappa shape index (κ2) is 25.2. The minimum Gasteiger partial charge on any atom is -0.463 e. The molecule has 0 unspecified atom stereocenters. The Morgan fingerprint density at radius 3 is 1.41 bits per heavy atom. The van der Waals surface area contributed by atoms with Gasteiger partial charge in [0.25, 0.3) is 11.8 Å². The van der Waals surface area contributed by atoms with Gasteiger partial charge in [-0.15, -0.1) is 20.4 Å². The van der Waals surface area contributed by atoms with E-state index in [1.54, 1.807) is 39.8 Å². The van der Waals surface area contributed by atoms with Gasteiger partial charge >= 0.3 is 31.7 Å². The number of nitrogens with zero attached hydrogens (tertiary/aromatic N) is 8. The van der Waals surface area contributed by atoms with Crippen molar-refractivity contribution in [1.29, 1.82) is 0 Å². The van der Waals surface area contributed by atoms with Gasteiger partial charge in [-0.25, -0.2) is 18.7 Å². The van der Waals surface area contributed by atoms with Gasteiger partial charge in [0, 0.05) is 45.8 Å². The molecule has 7 rings (SSSR count). The van der Waals surface area contributed by atoms with Gasteiger partial charge in [-0.05, 0) is 106 Å². The van der Waals surface area contributed by atoms with Crippen LogP contribution in [-0.2, 0) is 31.0 Å². The molecule has 7 heterocycles. The molecule has 14 nitrogen and oxygen atoms in total. The summed E-state index contributed by atoms with van der Waals surface area (Å²) in [4.78, 5) is 7.20. The highest BCUT2D eigenvalue weighted by Crippen LogP contribution is 2.37. The van der Waals surface area contributed by atoms with E-state index in [0.717, 1.165) is 36.6 Å². The van der Waals surface area contributed by atoms with Crippen molar-refractivity contribution >= 4 is 39.8 Å². The molecule has 6 aromatic heterocycles. The summed E-state index contributed by atoms with van der Waals surface area (Å²) < 4.78 is 193. The number of ether oxygens (including phenoxy) is 4. The minimum atomic E-state index is -4.69. The zero-order chi connectivity index (χ0) is 53.9. The normalized spacial score (nSPS) is 15.2. The Balaban J connectivity index is 0.000000391. The van der Waals surface area contributed by atoms with Crippen LogP contribution in [0.2, 0.25) is 0 Å². The number of fused-ring (bicyclic) bond motifs is 2. The SMILES string of the molecule is C.C.C.CC(C)COC(F)(F)c1nnc2ccc(-c3cnc(O[C@H](C)C(F)(F)F)c(F)c3)cn12.CC(C)COC(F)(F)c1nnc2ccc(Br)cn12.C[C@@H](Oc1ncc(B2OC(C)(C)C(C)(C)O2)cc1F)C(F)(F)F. The van der Waals surface area contributed by atoms with Crippen LogP contribution in [0.3, 0.4) is 0 Å². The first-order valence-electron chi connectivity index (χ1n) is 21.6. The molecule has 0 amide bonds. The summed E-state index contributed by atoms with van der Waals surface area (Å²) >= 11 is 3.22. The number of alkyl halides is 10. The van der Waals surface area contributed by atoms with Crippen LogP contribution in [0.15, 0.2) is 65.7 Å². The van der Waals surface area contributed by atoms with E-state index in [0.29, 0.717) is 10.1 Å². The lowest BCUT2D eigenvalue weighted by Gasteiger charge is -2.32. The molecule has 0 aliphatic carbocycles. The number of halogens is 13. The van der Waals surface area contributed by atoms with E-state index in [1.807, 2.05) is 27.7 Å². The van der Waals surface area contributed by atoms with Crippen LogP contribution in [0.5, 0.6) is 11.8 Å². The van der Waals surface area contributed by atoms with E-state index in [4.69, 9.17) is 9.31 Å². The standard InChI is InChI=1S/C19H18F6N4O2.C14H18BF4NO3.C11H12BrF2N3O.3CH4/c1-10(2)9-30-19(24,25)17-28-27-15-5-4-12(8-29(15)17)13-6-14(20)16(26-7-13)31-11(3)18(21,22)23;1-8(14(17,18)19)21-11-10(16)6-9(7-20-11)15-22-12(2,3)13(4,5)23-15;1-7(2)6-18-11(13,14)10-16-15-9-4-3-8(12)5-17(9)10;;;/h4-8,10-11H,9H2,1-3H3;6-8H,1-5H3;3-5,7H,6H2,1-2H3;3*1H4/t11-;8-;;;;/m11..../s1. The lowest BCUT2D eigenvalue weighted by atomic mass is 9.80. The first-order chi connectivity index (χ1) is 33.1. The first-order valence-corrected chi connectivity index (χ1v) is 22.4. The van der Waals surface area contributed by atoms with Crippen LogP contribution in [-0.4, -0.2) is 95.3 Å². The maximum atomic E-state index is 14.4. The van der Waals surface area contributed by atoms with Crippen molar-refractivity contribution in [2.75, 3.05) is 13.2 Å². The largest absolute Gasteiger partial charge is 0.496 e. The third-order valence-electron chi connectivity index (χ3n) is 10.5. The Kier molecular flexibility index (Phi) is 22.1. The molecule has 28 heteroatoms. The predicted molar refractivity (Wildman–Crippen MR) is 259 cm³/mol. The molecule has 2 atom stereocenters. The zero-order valence-corrected chi connectivity index (χ0v) is 41.6. The summed E-state index contributed by atoms with van der Waals surface area (Å²) in [5, 5.41) is 14.3. The molecule has 0 saturated carbocycles. The Morgan fingerprint density at radius 2 is 1.00 bits per heavy atom. The maximum Gasteiger partial charge on any atom is 0.496 e. The lowest BCUT2D eigenvalue weighted by Crippen LogP contribution is -2.41. The summed E-state index contributed by atoms with van der Waals surface area (Å²) in [5.74, 6) is -5.09. The number of rotatable bonds is 14. The average Bonchev–Trinajstić information content (AvgIpc) is 3.96. The molecule has 0 radical (unpaired) electrons. The maximum absolute atomic E-state index is 14.4. The van der Waals surface area contributed by atoms with Crippen molar-refractivity contribution < 1.29 is 80.9 Å². The number of hydrogen-bond acceptors (Lipinski definition) is 12. The summed E-state index contributed by atoms with van der Waals surface area (Å²) in [6.45, 7) is 15.6. The lowest BCUT2D eigenvalue weighted by molar-refractivity contribution is -0.259. The topological polar surface area (TPSA) is 142 Å². The van der Waals surface area contributed by atoms with Gasteiger partial charge in [0.2, 0.25) is 11.6 Å². The van der Waals surface area contributed by atoms with Gasteiger partial charge in [-0.3, -0.25) is 8.80 Å². The summed E-state index contributed by atoms with van der Waals surface area (Å²) in [7, 11) is -0.851. The Labute approximate surface area is 435 Å². The van der Waals surface area contributed by atoms with E-state index in [-0.39, 0.29) is 69.6 Å². The second-order valence-electron chi connectivity index (χ2n) is 18.0. The van der Waals surface area contributed by atoms with Gasteiger partial charge in [0.1, 0.15) is 0 Å². The van der Waals surface area contributed by atoms with Gasteiger partial charge in [0.15, 0.2) is 35.1 Å². The van der Waals surface area contributed by atoms with Crippen molar-refractivity contribution in [3.63, 3.8) is 0 Å². The Morgan fingerprint density at radius 1 is 0.587 bits per heavy atom. The van der Waals surface area contributed by atoms with Crippen LogP contribution in [0.1, 0.15) is 103 Å². The Bertz CT molecular complexity index is 2780. The van der Waals surface area contributed by atoms with Crippen molar-refractivity contribution in [3.05, 3.63) is 88.9 Å². The summed E-state index contributed by atoms with van der Waals surface area (Å²) in [5.41, 5.74) is -0.150. The smallest absolute Gasteiger partial charge is 0.463 e. The highest BCUT2D eigenvalue weighted by atomic mass is 79.9. The highest BCUT2D eigenvalue weighted by molar-refractivity contribution is 9.10. The van der Waals surface area contributed by atoms with Crippen molar-refractivity contribution in [2.45, 2.75) is 139 Å². The molecule has 6 aromatic rings. The van der Waals surface area contributed by atoms with Gasteiger partial charge in [0.05, 0.1) is 24.4 Å². The fourth-order valence-corrected chi connectivity index (χ4v) is 6.11. The number of aromatic nitrogens is 8. The van der Waals surface area contributed by atoms with Crippen LogP contribution in [0.25, 0.3) is 22.4 Å². The summed E-state index contributed by atoms with van der Waals surface area (Å²) in [6, 6.07) is 8.03. The molecule has 1 saturated heterocycles. The second-order valence-corrected chi connectivity index (χ2v) is 18.9. The molecule has 1 fully saturated rings. The molecule has 0 bridgehead atoms. The molecule has 0 aromatic carbocycles. The molecule has 1 aliphatic heterocycles. The van der Waals surface area contributed by atoms with E-state index >= 15 is 0 Å². The fraction of sp³-hybridized carbons (Fsp3) is 0.532. The van der Waals surface area contributed by atoms with Crippen molar-refractivity contribution in [2.24, 2.45) is 11.8 Å². The summed E-state index contributed by atoms with van der Waals surface area (Å²) in [6.07, 6.45) is -15.9. The third kappa shape index (κ3) is 16.6. The van der Waals surface area contributed by atoms with Crippen LogP contribution >= 0.6 is 15.9 Å². The number of pyridine rings is 4. The molecule has 1 aliphatic rings. The predicted octanol–water partition coefficient (Wildman–Crippen LogP) is 13.0. The Hall–Kier alpha value is -5.32. The molecule has 0 N–H and O–H groups in total. The first kappa shape index (κ1) is 65.8. The molecule has 418 valence electrons. The van der Waals surface area contributed by atoms with Crippen LogP contribution in [0, 0.1) is 23.5 Å². The number of hydrogen-bond donors (Lipinski definition) is 0. The molecule has 75 heavy (non-hydrogen) atoms. The van der Waals surface area contributed by atoms with E-state index in [2.05, 4.69) is 65.2 Å².